The average molecular weight is 488 g/mol. The molecule has 3 heterocycles. The molecule has 8 heteroatoms. The van der Waals surface area contributed by atoms with Crippen molar-refractivity contribution in [2.75, 3.05) is 62.8 Å². The van der Waals surface area contributed by atoms with E-state index in [1.807, 2.05) is 24.3 Å². The third kappa shape index (κ3) is 6.27. The minimum Gasteiger partial charge on any atom is -0.395 e. The highest BCUT2D eigenvalue weighted by Crippen LogP contribution is 2.28. The van der Waals surface area contributed by atoms with E-state index in [0.717, 1.165) is 60.8 Å². The Hall–Kier alpha value is -3.30. The van der Waals surface area contributed by atoms with Gasteiger partial charge in [-0.25, -0.2) is 9.97 Å². The highest BCUT2D eigenvalue weighted by atomic mass is 16.5. The molecule has 0 spiro atoms. The van der Waals surface area contributed by atoms with Gasteiger partial charge in [-0.15, -0.1) is 0 Å². The Balaban J connectivity index is 1.41. The van der Waals surface area contributed by atoms with Crippen molar-refractivity contribution in [3.8, 4) is 11.3 Å². The van der Waals surface area contributed by atoms with Crippen LogP contribution >= 0.6 is 0 Å². The van der Waals surface area contributed by atoms with E-state index in [0.29, 0.717) is 32.4 Å². The number of aliphatic hydroxyl groups is 1. The summed E-state index contributed by atoms with van der Waals surface area (Å²) in [5.41, 5.74) is 6.21. The van der Waals surface area contributed by atoms with E-state index in [1.54, 1.807) is 6.20 Å². The number of nitrogens with zero attached hydrogens (tertiary/aromatic N) is 4. The number of anilines is 3. The van der Waals surface area contributed by atoms with Crippen LogP contribution in [0.3, 0.4) is 0 Å². The largest absolute Gasteiger partial charge is 0.395 e. The number of nitrogens with one attached hydrogen (secondary N) is 1. The van der Waals surface area contributed by atoms with E-state index < -0.39 is 0 Å². The molecule has 8 nitrogen and oxygen atoms in total. The predicted octanol–water partition coefficient (Wildman–Crippen LogP) is 3.60. The Morgan fingerprint density at radius 3 is 2.58 bits per heavy atom. The third-order valence-corrected chi connectivity index (χ3v) is 6.46. The van der Waals surface area contributed by atoms with Crippen molar-refractivity contribution >= 4 is 17.3 Å². The number of aliphatic hydroxyl groups excluding tert-OH is 1. The number of hydrogen-bond donors (Lipinski definition) is 2. The summed E-state index contributed by atoms with van der Waals surface area (Å²) in [6, 6.07) is 16.5. The molecule has 0 atom stereocenters. The molecule has 0 amide bonds. The summed E-state index contributed by atoms with van der Waals surface area (Å²) in [5.74, 6) is 0.551. The van der Waals surface area contributed by atoms with Crippen LogP contribution in [-0.2, 0) is 22.7 Å². The third-order valence-electron chi connectivity index (χ3n) is 6.46. The van der Waals surface area contributed by atoms with Crippen molar-refractivity contribution in [2.45, 2.75) is 13.2 Å². The fourth-order valence-electron chi connectivity index (χ4n) is 4.59. The SMILES string of the molecule is OCCN1CCN(c2ccc3cc2COCC=CCOCc2cccc(c2)-c2ccnc(n2)N3)CC1. The summed E-state index contributed by atoms with van der Waals surface area (Å²) in [7, 11) is 0. The van der Waals surface area contributed by atoms with Crippen LogP contribution in [0.25, 0.3) is 11.3 Å². The van der Waals surface area contributed by atoms with E-state index in [-0.39, 0.29) is 6.61 Å². The fraction of sp³-hybridized carbons (Fsp3) is 0.357. The van der Waals surface area contributed by atoms with Crippen LogP contribution in [0.5, 0.6) is 0 Å². The number of hydrogen-bond acceptors (Lipinski definition) is 8. The number of β-amino-alcohol motifs (C(OH)–C–C–N with tert-alkyl or cyclic N) is 1. The predicted molar refractivity (Wildman–Crippen MR) is 141 cm³/mol. The standard InChI is InChI=1S/C28H33N5O3/c34-15-14-32-10-12-33(13-11-32)27-7-6-25-19-24(27)21-36-17-2-1-16-35-20-22-4-3-5-23(18-22)26-8-9-29-28(30-25)31-26/h1-9,18-19,34H,10-17,20-21H2,(H,29,30,31). The van der Waals surface area contributed by atoms with Gasteiger partial charge in [-0.1, -0.05) is 30.4 Å². The van der Waals surface area contributed by atoms with Gasteiger partial charge in [0.25, 0.3) is 0 Å². The molecule has 5 rings (SSSR count). The van der Waals surface area contributed by atoms with Gasteiger partial charge in [0.1, 0.15) is 0 Å². The highest BCUT2D eigenvalue weighted by molar-refractivity contribution is 5.66. The van der Waals surface area contributed by atoms with E-state index in [4.69, 9.17) is 14.5 Å². The lowest BCUT2D eigenvalue weighted by molar-refractivity contribution is 0.140. The summed E-state index contributed by atoms with van der Waals surface area (Å²) in [6.07, 6.45) is 5.79. The van der Waals surface area contributed by atoms with E-state index >= 15 is 0 Å². The Kier molecular flexibility index (Phi) is 8.20. The molecule has 2 aliphatic rings. The minimum absolute atomic E-state index is 0.201. The van der Waals surface area contributed by atoms with Crippen molar-refractivity contribution in [3.05, 3.63) is 78.0 Å². The van der Waals surface area contributed by atoms with Crippen LogP contribution in [0, 0.1) is 0 Å². The van der Waals surface area contributed by atoms with E-state index in [2.05, 4.69) is 56.5 Å². The molecule has 0 radical (unpaired) electrons. The minimum atomic E-state index is 0.201. The van der Waals surface area contributed by atoms with Crippen LogP contribution < -0.4 is 10.2 Å². The summed E-state index contributed by atoms with van der Waals surface area (Å²) in [6.45, 7) is 6.73. The molecule has 0 aliphatic carbocycles. The normalized spacial score (nSPS) is 17.2. The highest BCUT2D eigenvalue weighted by Gasteiger charge is 2.19. The second-order valence-electron chi connectivity index (χ2n) is 8.99. The number of aromatic nitrogens is 2. The molecule has 1 saturated heterocycles. The molecule has 1 fully saturated rings. The second-order valence-corrected chi connectivity index (χ2v) is 8.99. The fourth-order valence-corrected chi connectivity index (χ4v) is 4.59. The average Bonchev–Trinajstić information content (AvgIpc) is 2.91. The van der Waals surface area contributed by atoms with Crippen molar-refractivity contribution in [1.29, 1.82) is 0 Å². The summed E-state index contributed by atoms with van der Waals surface area (Å²) in [5, 5.41) is 12.6. The molecule has 2 N–H and O–H groups in total. The lowest BCUT2D eigenvalue weighted by atomic mass is 10.1. The molecule has 0 unspecified atom stereocenters. The molecule has 1 aromatic heterocycles. The lowest BCUT2D eigenvalue weighted by Gasteiger charge is -2.36. The molecule has 2 aliphatic heterocycles. The first-order valence-electron chi connectivity index (χ1n) is 12.5. The van der Waals surface area contributed by atoms with Crippen LogP contribution in [0.1, 0.15) is 11.1 Å². The van der Waals surface area contributed by atoms with Crippen molar-refractivity contribution in [2.24, 2.45) is 0 Å². The zero-order valence-corrected chi connectivity index (χ0v) is 20.5. The quantitative estimate of drug-likeness (QED) is 0.543. The van der Waals surface area contributed by atoms with Gasteiger partial charge in [0, 0.05) is 61.4 Å². The maximum atomic E-state index is 9.25. The zero-order valence-electron chi connectivity index (χ0n) is 20.5. The van der Waals surface area contributed by atoms with Gasteiger partial charge >= 0.3 is 0 Å². The smallest absolute Gasteiger partial charge is 0.227 e. The van der Waals surface area contributed by atoms with Crippen LogP contribution in [-0.4, -0.2) is 72.5 Å². The Morgan fingerprint density at radius 2 is 1.75 bits per heavy atom. The molecule has 36 heavy (non-hydrogen) atoms. The Labute approximate surface area is 212 Å². The van der Waals surface area contributed by atoms with Crippen molar-refractivity contribution < 1.29 is 14.6 Å². The van der Waals surface area contributed by atoms with Gasteiger partial charge in [-0.3, -0.25) is 4.90 Å². The Morgan fingerprint density at radius 1 is 0.917 bits per heavy atom. The molecular formula is C28H33N5O3. The van der Waals surface area contributed by atoms with E-state index in [1.165, 1.54) is 5.69 Å². The number of rotatable bonds is 3. The second kappa shape index (κ2) is 12.1. The van der Waals surface area contributed by atoms with Crippen molar-refractivity contribution in [1.82, 2.24) is 14.9 Å². The van der Waals surface area contributed by atoms with Crippen LogP contribution in [0.15, 0.2) is 66.9 Å². The van der Waals surface area contributed by atoms with Gasteiger partial charge in [0.05, 0.1) is 38.7 Å². The maximum absolute atomic E-state index is 9.25. The van der Waals surface area contributed by atoms with Crippen molar-refractivity contribution in [3.63, 3.8) is 0 Å². The monoisotopic (exact) mass is 487 g/mol. The number of ether oxygens (including phenoxy) is 2. The molecule has 3 aromatic rings. The number of piperazine rings is 1. The topological polar surface area (TPSA) is 83.0 Å². The van der Waals surface area contributed by atoms with Gasteiger partial charge in [-0.2, -0.15) is 0 Å². The number of benzene rings is 2. The molecule has 6 bridgehead atoms. The van der Waals surface area contributed by atoms with Crippen LogP contribution in [0.2, 0.25) is 0 Å². The van der Waals surface area contributed by atoms with Gasteiger partial charge in [0.15, 0.2) is 0 Å². The lowest BCUT2D eigenvalue weighted by Crippen LogP contribution is -2.47. The van der Waals surface area contributed by atoms with Gasteiger partial charge in [-0.05, 0) is 35.9 Å². The molecule has 2 aromatic carbocycles. The molecule has 188 valence electrons. The first-order valence-corrected chi connectivity index (χ1v) is 12.5. The van der Waals surface area contributed by atoms with E-state index in [9.17, 15) is 5.11 Å². The summed E-state index contributed by atoms with van der Waals surface area (Å²) in [4.78, 5) is 13.9. The van der Waals surface area contributed by atoms with Gasteiger partial charge in [0.2, 0.25) is 5.95 Å². The summed E-state index contributed by atoms with van der Waals surface area (Å²) < 4.78 is 11.8. The number of fused-ring (bicyclic) bond motifs is 7. The maximum Gasteiger partial charge on any atom is 0.227 e. The summed E-state index contributed by atoms with van der Waals surface area (Å²) >= 11 is 0. The first kappa shape index (κ1) is 24.4. The molecule has 0 saturated carbocycles. The van der Waals surface area contributed by atoms with Crippen LogP contribution in [0.4, 0.5) is 17.3 Å². The first-order chi connectivity index (χ1) is 17.8. The zero-order chi connectivity index (χ0) is 24.6. The molecular weight excluding hydrogens is 454 g/mol. The Bertz CT molecular complexity index is 1180. The van der Waals surface area contributed by atoms with Gasteiger partial charge < -0.3 is 24.8 Å².